The molecule has 3 aromatic rings. The molecule has 0 spiro atoms. The second-order valence-corrected chi connectivity index (χ2v) is 6.21. The van der Waals surface area contributed by atoms with E-state index in [-0.39, 0.29) is 6.01 Å². The summed E-state index contributed by atoms with van der Waals surface area (Å²) in [5.74, 6) is 1.93. The number of hydrogen-bond donors (Lipinski definition) is 2. The first kappa shape index (κ1) is 15.7. The second-order valence-electron chi connectivity index (χ2n) is 6.21. The SMILES string of the molecule is Nc1nnc(CN[C@@H]2CC2c2ccc(OCc3ccccc3)cc2)o1. The maximum absolute atomic E-state index is 5.83. The standard InChI is InChI=1S/C19H20N4O2/c20-19-23-22-18(25-19)11-21-17-10-16(17)14-6-8-15(9-7-14)24-12-13-4-2-1-3-5-13/h1-9,16-17,21H,10-12H2,(H2,20,23)/t16?,17-/m1/s1. The van der Waals surface area contributed by atoms with E-state index in [9.17, 15) is 0 Å². The van der Waals surface area contributed by atoms with E-state index in [1.54, 1.807) is 0 Å². The van der Waals surface area contributed by atoms with Gasteiger partial charge in [0.25, 0.3) is 0 Å². The predicted molar refractivity (Wildman–Crippen MR) is 93.9 cm³/mol. The number of rotatable bonds is 7. The fourth-order valence-corrected chi connectivity index (χ4v) is 2.90. The number of ether oxygens (including phenoxy) is 1. The molecule has 1 heterocycles. The van der Waals surface area contributed by atoms with Gasteiger partial charge in [-0.2, -0.15) is 0 Å². The van der Waals surface area contributed by atoms with E-state index in [2.05, 4.69) is 39.8 Å². The van der Waals surface area contributed by atoms with Crippen LogP contribution in [0.25, 0.3) is 0 Å². The fraction of sp³-hybridized carbons (Fsp3) is 0.263. The average Bonchev–Trinajstić information content (AvgIpc) is 3.32. The topological polar surface area (TPSA) is 86.2 Å². The molecule has 25 heavy (non-hydrogen) atoms. The van der Waals surface area contributed by atoms with Gasteiger partial charge in [-0.3, -0.25) is 0 Å². The van der Waals surface area contributed by atoms with Gasteiger partial charge in [-0.05, 0) is 29.7 Å². The summed E-state index contributed by atoms with van der Waals surface area (Å²) in [4.78, 5) is 0. The monoisotopic (exact) mass is 336 g/mol. The quantitative estimate of drug-likeness (QED) is 0.690. The molecule has 6 nitrogen and oxygen atoms in total. The van der Waals surface area contributed by atoms with Gasteiger partial charge >= 0.3 is 6.01 Å². The summed E-state index contributed by atoms with van der Waals surface area (Å²) >= 11 is 0. The van der Waals surface area contributed by atoms with Crippen molar-refractivity contribution in [2.24, 2.45) is 0 Å². The Kier molecular flexibility index (Phi) is 4.35. The number of anilines is 1. The van der Waals surface area contributed by atoms with E-state index in [0.717, 1.165) is 12.2 Å². The molecule has 128 valence electrons. The number of nitrogens with zero attached hydrogens (tertiary/aromatic N) is 2. The van der Waals surface area contributed by atoms with Crippen LogP contribution in [0.2, 0.25) is 0 Å². The number of nitrogens with two attached hydrogens (primary N) is 1. The summed E-state index contributed by atoms with van der Waals surface area (Å²) in [5, 5.41) is 10.9. The largest absolute Gasteiger partial charge is 0.489 e. The van der Waals surface area contributed by atoms with Crippen LogP contribution >= 0.6 is 0 Å². The Morgan fingerprint density at radius 3 is 2.60 bits per heavy atom. The predicted octanol–water partition coefficient (Wildman–Crippen LogP) is 2.88. The first-order chi connectivity index (χ1) is 12.3. The molecule has 0 amide bonds. The Balaban J connectivity index is 1.26. The van der Waals surface area contributed by atoms with Crippen molar-refractivity contribution in [1.82, 2.24) is 15.5 Å². The van der Waals surface area contributed by atoms with Gasteiger partial charge < -0.3 is 20.2 Å². The summed E-state index contributed by atoms with van der Waals surface area (Å²) in [7, 11) is 0. The first-order valence-electron chi connectivity index (χ1n) is 8.36. The zero-order valence-corrected chi connectivity index (χ0v) is 13.8. The molecule has 0 bridgehead atoms. The number of aromatic nitrogens is 2. The van der Waals surface area contributed by atoms with Crippen molar-refractivity contribution in [2.75, 3.05) is 5.73 Å². The zero-order valence-electron chi connectivity index (χ0n) is 13.8. The van der Waals surface area contributed by atoms with E-state index in [1.165, 1.54) is 11.1 Å². The molecule has 4 rings (SSSR count). The molecular weight excluding hydrogens is 316 g/mol. The summed E-state index contributed by atoms with van der Waals surface area (Å²) in [5.41, 5.74) is 7.90. The highest BCUT2D eigenvalue weighted by Gasteiger charge is 2.38. The van der Waals surface area contributed by atoms with Crippen molar-refractivity contribution in [1.29, 1.82) is 0 Å². The minimum absolute atomic E-state index is 0.107. The molecule has 2 atom stereocenters. The number of hydrogen-bond acceptors (Lipinski definition) is 6. The van der Waals surface area contributed by atoms with Gasteiger partial charge in [-0.25, -0.2) is 0 Å². The lowest BCUT2D eigenvalue weighted by Crippen LogP contribution is -2.17. The first-order valence-corrected chi connectivity index (χ1v) is 8.36. The zero-order chi connectivity index (χ0) is 17.1. The summed E-state index contributed by atoms with van der Waals surface area (Å²) < 4.78 is 11.0. The fourth-order valence-electron chi connectivity index (χ4n) is 2.90. The van der Waals surface area contributed by atoms with Crippen molar-refractivity contribution in [3.63, 3.8) is 0 Å². The van der Waals surface area contributed by atoms with Crippen molar-refractivity contribution >= 4 is 6.01 Å². The summed E-state index contributed by atoms with van der Waals surface area (Å²) in [6.07, 6.45) is 1.10. The maximum atomic E-state index is 5.83. The van der Waals surface area contributed by atoms with E-state index < -0.39 is 0 Å². The van der Waals surface area contributed by atoms with Crippen LogP contribution in [0.1, 0.15) is 29.4 Å². The number of nitrogens with one attached hydrogen (secondary N) is 1. The van der Waals surface area contributed by atoms with Crippen LogP contribution in [-0.4, -0.2) is 16.2 Å². The molecule has 0 aliphatic heterocycles. The van der Waals surface area contributed by atoms with Crippen LogP contribution in [0.5, 0.6) is 5.75 Å². The molecule has 1 aliphatic carbocycles. The molecule has 1 fully saturated rings. The van der Waals surface area contributed by atoms with Crippen molar-refractivity contribution in [3.05, 3.63) is 71.6 Å². The molecule has 2 aromatic carbocycles. The lowest BCUT2D eigenvalue weighted by Gasteiger charge is -2.07. The molecule has 0 saturated heterocycles. The van der Waals surface area contributed by atoms with Crippen LogP contribution < -0.4 is 15.8 Å². The molecule has 0 radical (unpaired) electrons. The Bertz CT molecular complexity index is 817. The third-order valence-corrected chi connectivity index (χ3v) is 4.34. The molecule has 1 unspecified atom stereocenters. The highest BCUT2D eigenvalue weighted by atomic mass is 16.5. The van der Waals surface area contributed by atoms with Crippen molar-refractivity contribution in [2.45, 2.75) is 31.5 Å². The molecule has 3 N–H and O–H groups in total. The lowest BCUT2D eigenvalue weighted by atomic mass is 10.1. The Morgan fingerprint density at radius 1 is 1.08 bits per heavy atom. The molecule has 1 aromatic heterocycles. The van der Waals surface area contributed by atoms with Crippen molar-refractivity contribution in [3.8, 4) is 5.75 Å². The average molecular weight is 336 g/mol. The van der Waals surface area contributed by atoms with Crippen molar-refractivity contribution < 1.29 is 9.15 Å². The van der Waals surface area contributed by atoms with Gasteiger partial charge in [0.2, 0.25) is 5.89 Å². The molecule has 1 saturated carbocycles. The van der Waals surface area contributed by atoms with Crippen LogP contribution in [0.3, 0.4) is 0 Å². The Morgan fingerprint density at radius 2 is 1.88 bits per heavy atom. The van der Waals surface area contributed by atoms with Gasteiger partial charge in [0.1, 0.15) is 12.4 Å². The van der Waals surface area contributed by atoms with Gasteiger partial charge in [0.05, 0.1) is 6.54 Å². The Labute approximate surface area is 146 Å². The normalized spacial score (nSPS) is 18.9. The molecule has 6 heteroatoms. The smallest absolute Gasteiger partial charge is 0.312 e. The highest BCUT2D eigenvalue weighted by Crippen LogP contribution is 2.41. The van der Waals surface area contributed by atoms with Gasteiger partial charge in [0.15, 0.2) is 0 Å². The van der Waals surface area contributed by atoms with E-state index in [1.807, 2.05) is 30.3 Å². The van der Waals surface area contributed by atoms with E-state index in [4.69, 9.17) is 14.9 Å². The Hall–Kier alpha value is -2.86. The minimum Gasteiger partial charge on any atom is -0.489 e. The lowest BCUT2D eigenvalue weighted by molar-refractivity contribution is 0.306. The number of nitrogen functional groups attached to an aromatic ring is 1. The minimum atomic E-state index is 0.107. The highest BCUT2D eigenvalue weighted by molar-refractivity contribution is 5.34. The summed E-state index contributed by atoms with van der Waals surface area (Å²) in [6, 6.07) is 19.0. The van der Waals surface area contributed by atoms with Crippen LogP contribution in [0.4, 0.5) is 6.01 Å². The summed E-state index contributed by atoms with van der Waals surface area (Å²) in [6.45, 7) is 1.13. The maximum Gasteiger partial charge on any atom is 0.312 e. The second kappa shape index (κ2) is 6.94. The van der Waals surface area contributed by atoms with Crippen LogP contribution in [0, 0.1) is 0 Å². The molecule has 1 aliphatic rings. The van der Waals surface area contributed by atoms with Crippen LogP contribution in [-0.2, 0) is 13.2 Å². The molecular formula is C19H20N4O2. The van der Waals surface area contributed by atoms with Gasteiger partial charge in [-0.1, -0.05) is 47.6 Å². The van der Waals surface area contributed by atoms with E-state index >= 15 is 0 Å². The van der Waals surface area contributed by atoms with Crippen LogP contribution in [0.15, 0.2) is 59.0 Å². The van der Waals surface area contributed by atoms with E-state index in [0.29, 0.717) is 31.0 Å². The number of benzene rings is 2. The van der Waals surface area contributed by atoms with Gasteiger partial charge in [-0.15, -0.1) is 5.10 Å². The van der Waals surface area contributed by atoms with Gasteiger partial charge in [0, 0.05) is 12.0 Å². The third kappa shape index (κ3) is 3.97. The third-order valence-electron chi connectivity index (χ3n) is 4.34.